The monoisotopic (exact) mass is 388 g/mol. The molecule has 0 aliphatic heterocycles. The van der Waals surface area contributed by atoms with Crippen LogP contribution in [-0.4, -0.2) is 35.2 Å². The molecule has 2 N–H and O–H groups in total. The van der Waals surface area contributed by atoms with Crippen molar-refractivity contribution in [2.75, 3.05) is 12.3 Å². The van der Waals surface area contributed by atoms with E-state index in [0.29, 0.717) is 0 Å². The maximum Gasteiger partial charge on any atom is 0.240 e. The van der Waals surface area contributed by atoms with E-state index >= 15 is 0 Å². The second-order valence-electron chi connectivity index (χ2n) is 7.59. The standard InChI is InChI=1S/C17H28N2O4S2/c1-17(2,3)14-8-10-16(11-9-14)25(22,23)18-12-13-24(20,21)19-15-6-4-5-7-15/h8-11,15,18-19H,4-7,12-13H2,1-3H3. The molecule has 0 radical (unpaired) electrons. The summed E-state index contributed by atoms with van der Waals surface area (Å²) in [7, 11) is -7.19. The average Bonchev–Trinajstić information content (AvgIpc) is 2.98. The molecule has 0 unspecified atom stereocenters. The SMILES string of the molecule is CC(C)(C)c1ccc(S(=O)(=O)NCCS(=O)(=O)NC2CCCC2)cc1. The van der Waals surface area contributed by atoms with Crippen LogP contribution in [0.3, 0.4) is 0 Å². The van der Waals surface area contributed by atoms with Gasteiger partial charge in [-0.05, 0) is 36.0 Å². The van der Waals surface area contributed by atoms with E-state index in [2.05, 4.69) is 30.2 Å². The molecule has 1 fully saturated rings. The highest BCUT2D eigenvalue weighted by Crippen LogP contribution is 2.23. The number of nitrogens with one attached hydrogen (secondary N) is 2. The normalized spacial score (nSPS) is 17.1. The van der Waals surface area contributed by atoms with Gasteiger partial charge in [0.25, 0.3) is 0 Å². The van der Waals surface area contributed by atoms with Crippen LogP contribution in [0, 0.1) is 0 Å². The van der Waals surface area contributed by atoms with Gasteiger partial charge < -0.3 is 0 Å². The summed E-state index contributed by atoms with van der Waals surface area (Å²) in [4.78, 5) is 0.140. The quantitative estimate of drug-likeness (QED) is 0.748. The van der Waals surface area contributed by atoms with Crippen molar-refractivity contribution in [2.45, 2.75) is 62.8 Å². The zero-order valence-corrected chi connectivity index (χ0v) is 16.7. The lowest BCUT2D eigenvalue weighted by molar-refractivity contribution is 0.550. The molecule has 0 aromatic heterocycles. The van der Waals surface area contributed by atoms with Gasteiger partial charge in [-0.15, -0.1) is 0 Å². The molecule has 0 atom stereocenters. The van der Waals surface area contributed by atoms with E-state index in [1.165, 1.54) is 0 Å². The molecular weight excluding hydrogens is 360 g/mol. The minimum absolute atomic E-state index is 0.00782. The molecule has 2 rings (SSSR count). The molecule has 8 heteroatoms. The van der Waals surface area contributed by atoms with Crippen LogP contribution in [0.15, 0.2) is 29.2 Å². The Kier molecular flexibility index (Phi) is 6.30. The molecule has 1 aromatic carbocycles. The van der Waals surface area contributed by atoms with Crippen LogP contribution < -0.4 is 9.44 Å². The molecule has 6 nitrogen and oxygen atoms in total. The first-order chi connectivity index (χ1) is 11.5. The first-order valence-electron chi connectivity index (χ1n) is 8.60. The van der Waals surface area contributed by atoms with Gasteiger partial charge >= 0.3 is 0 Å². The maximum atomic E-state index is 12.3. The third-order valence-corrected chi connectivity index (χ3v) is 7.31. The summed E-state index contributed by atoms with van der Waals surface area (Å²) in [6.45, 7) is 6.01. The van der Waals surface area contributed by atoms with Crippen LogP contribution in [0.1, 0.15) is 52.0 Å². The van der Waals surface area contributed by atoms with E-state index in [4.69, 9.17) is 0 Å². The van der Waals surface area contributed by atoms with Crippen molar-refractivity contribution in [1.29, 1.82) is 0 Å². The highest BCUT2D eigenvalue weighted by atomic mass is 32.2. The van der Waals surface area contributed by atoms with Crippen molar-refractivity contribution < 1.29 is 16.8 Å². The number of sulfonamides is 2. The highest BCUT2D eigenvalue weighted by molar-refractivity contribution is 7.90. The molecule has 0 amide bonds. The molecule has 1 aromatic rings. The van der Waals surface area contributed by atoms with Crippen LogP contribution >= 0.6 is 0 Å². The topological polar surface area (TPSA) is 92.3 Å². The van der Waals surface area contributed by atoms with Gasteiger partial charge in [0.05, 0.1) is 10.6 Å². The van der Waals surface area contributed by atoms with E-state index in [1.807, 2.05) is 0 Å². The second-order valence-corrected chi connectivity index (χ2v) is 11.2. The Hall–Kier alpha value is -0.960. The van der Waals surface area contributed by atoms with Crippen LogP contribution in [0.4, 0.5) is 0 Å². The maximum absolute atomic E-state index is 12.3. The summed E-state index contributed by atoms with van der Waals surface area (Å²) in [5.74, 6) is -0.261. The van der Waals surface area contributed by atoms with Gasteiger partial charge in [-0.3, -0.25) is 0 Å². The first kappa shape index (κ1) is 20.4. The smallest absolute Gasteiger partial charge is 0.212 e. The molecule has 0 heterocycles. The fraction of sp³-hybridized carbons (Fsp3) is 0.647. The predicted octanol–water partition coefficient (Wildman–Crippen LogP) is 2.12. The van der Waals surface area contributed by atoms with Crippen molar-refractivity contribution in [1.82, 2.24) is 9.44 Å². The van der Waals surface area contributed by atoms with Crippen LogP contribution in [0.5, 0.6) is 0 Å². The Morgan fingerprint density at radius 3 is 2.08 bits per heavy atom. The molecule has 1 aliphatic carbocycles. The second kappa shape index (κ2) is 7.73. The minimum Gasteiger partial charge on any atom is -0.212 e. The van der Waals surface area contributed by atoms with Crippen molar-refractivity contribution in [3.05, 3.63) is 29.8 Å². The van der Waals surface area contributed by atoms with Crippen LogP contribution in [-0.2, 0) is 25.5 Å². The molecule has 25 heavy (non-hydrogen) atoms. The van der Waals surface area contributed by atoms with E-state index < -0.39 is 20.0 Å². The number of hydrogen-bond acceptors (Lipinski definition) is 4. The molecule has 0 spiro atoms. The predicted molar refractivity (Wildman–Crippen MR) is 99.5 cm³/mol. The summed E-state index contributed by atoms with van der Waals surface area (Å²) in [6.07, 6.45) is 3.77. The van der Waals surface area contributed by atoms with E-state index in [0.717, 1.165) is 31.2 Å². The molecule has 0 saturated heterocycles. The van der Waals surface area contributed by atoms with Crippen LogP contribution in [0.25, 0.3) is 0 Å². The molecule has 142 valence electrons. The van der Waals surface area contributed by atoms with Crippen molar-refractivity contribution in [3.8, 4) is 0 Å². The van der Waals surface area contributed by atoms with Crippen molar-refractivity contribution in [3.63, 3.8) is 0 Å². The van der Waals surface area contributed by atoms with Gasteiger partial charge in [0.1, 0.15) is 0 Å². The Balaban J connectivity index is 1.92. The van der Waals surface area contributed by atoms with E-state index in [-0.39, 0.29) is 28.6 Å². The largest absolute Gasteiger partial charge is 0.240 e. The van der Waals surface area contributed by atoms with Crippen LogP contribution in [0.2, 0.25) is 0 Å². The Morgan fingerprint density at radius 1 is 1.00 bits per heavy atom. The third-order valence-electron chi connectivity index (χ3n) is 4.39. The first-order valence-corrected chi connectivity index (χ1v) is 11.7. The number of benzene rings is 1. The van der Waals surface area contributed by atoms with Gasteiger partial charge in [-0.25, -0.2) is 26.3 Å². The summed E-state index contributed by atoms with van der Waals surface area (Å²) in [5, 5.41) is 0. The van der Waals surface area contributed by atoms with E-state index in [9.17, 15) is 16.8 Å². The fourth-order valence-electron chi connectivity index (χ4n) is 2.88. The minimum atomic E-state index is -3.71. The van der Waals surface area contributed by atoms with Crippen molar-refractivity contribution >= 4 is 20.0 Å². The van der Waals surface area contributed by atoms with Gasteiger partial charge in [-0.1, -0.05) is 45.7 Å². The summed E-state index contributed by atoms with van der Waals surface area (Å²) >= 11 is 0. The average molecular weight is 389 g/mol. The Morgan fingerprint density at radius 2 is 1.56 bits per heavy atom. The zero-order valence-electron chi connectivity index (χ0n) is 15.1. The Labute approximate surface area is 151 Å². The highest BCUT2D eigenvalue weighted by Gasteiger charge is 2.22. The van der Waals surface area contributed by atoms with E-state index in [1.54, 1.807) is 24.3 Å². The fourth-order valence-corrected chi connectivity index (χ4v) is 5.28. The summed E-state index contributed by atoms with van der Waals surface area (Å²) in [6, 6.07) is 6.66. The number of rotatable bonds is 7. The zero-order chi connectivity index (χ0) is 18.7. The number of hydrogen-bond donors (Lipinski definition) is 2. The van der Waals surface area contributed by atoms with Gasteiger partial charge in [0.15, 0.2) is 0 Å². The lowest BCUT2D eigenvalue weighted by Crippen LogP contribution is -2.38. The summed E-state index contributed by atoms with van der Waals surface area (Å²) < 4.78 is 53.6. The van der Waals surface area contributed by atoms with Gasteiger partial charge in [-0.2, -0.15) is 0 Å². The van der Waals surface area contributed by atoms with Gasteiger partial charge in [0.2, 0.25) is 20.0 Å². The lowest BCUT2D eigenvalue weighted by atomic mass is 9.87. The third kappa shape index (κ3) is 6.06. The summed E-state index contributed by atoms with van der Waals surface area (Å²) in [5.41, 5.74) is 0.977. The van der Waals surface area contributed by atoms with Gasteiger partial charge in [0, 0.05) is 12.6 Å². The molecule has 0 bridgehead atoms. The molecule has 1 saturated carbocycles. The lowest BCUT2D eigenvalue weighted by Gasteiger charge is -2.19. The molecule has 1 aliphatic rings. The van der Waals surface area contributed by atoms with Crippen molar-refractivity contribution in [2.24, 2.45) is 0 Å². The Bertz CT molecular complexity index is 773. The molecular formula is C17H28N2O4S2.